The fraction of sp³-hybridized carbons (Fsp3) is 0.120. The van der Waals surface area contributed by atoms with Crippen LogP contribution >= 0.6 is 0 Å². The third-order valence-electron chi connectivity index (χ3n) is 5.38. The minimum atomic E-state index is -1.06. The average molecular weight is 444 g/mol. The molecule has 3 aromatic rings. The lowest BCUT2D eigenvalue weighted by Gasteiger charge is -2.20. The van der Waals surface area contributed by atoms with Gasteiger partial charge in [-0.2, -0.15) is 0 Å². The Morgan fingerprint density at radius 2 is 1.48 bits per heavy atom. The topological polar surface area (TPSA) is 104 Å². The minimum Gasteiger partial charge on any atom is -0.478 e. The number of carboxylic acids is 1. The van der Waals surface area contributed by atoms with Crippen LogP contribution in [0.25, 0.3) is 0 Å². The van der Waals surface area contributed by atoms with Crippen LogP contribution < -0.4 is 0 Å². The molecule has 0 unspecified atom stereocenters. The average Bonchev–Trinajstić information content (AvgIpc) is 3.07. The smallest absolute Gasteiger partial charge is 0.335 e. The van der Waals surface area contributed by atoms with Crippen molar-refractivity contribution < 1.29 is 29.1 Å². The highest BCUT2D eigenvalue weighted by Crippen LogP contribution is 2.26. The summed E-state index contributed by atoms with van der Waals surface area (Å²) in [5, 5.41) is 10.2. The van der Waals surface area contributed by atoms with Gasteiger partial charge in [-0.15, -0.1) is 0 Å². The second kappa shape index (κ2) is 9.05. The number of rotatable bonds is 7. The first-order valence-electron chi connectivity index (χ1n) is 10.1. The number of hydroxylamine groups is 2. The maximum Gasteiger partial charge on any atom is 0.335 e. The Morgan fingerprint density at radius 3 is 2.12 bits per heavy atom. The van der Waals surface area contributed by atoms with Crippen molar-refractivity contribution in [1.82, 2.24) is 9.96 Å². The van der Waals surface area contributed by atoms with Crippen molar-refractivity contribution in [3.05, 3.63) is 106 Å². The van der Waals surface area contributed by atoms with E-state index in [-0.39, 0.29) is 35.3 Å². The van der Waals surface area contributed by atoms with Crippen molar-refractivity contribution in [3.63, 3.8) is 0 Å². The second-order valence-corrected chi connectivity index (χ2v) is 7.47. The first-order valence-corrected chi connectivity index (χ1v) is 10.1. The highest BCUT2D eigenvalue weighted by Gasteiger charge is 2.36. The maximum atomic E-state index is 13.0. The predicted molar refractivity (Wildman–Crippen MR) is 117 cm³/mol. The molecule has 3 amide bonds. The van der Waals surface area contributed by atoms with E-state index in [2.05, 4.69) is 0 Å². The van der Waals surface area contributed by atoms with Crippen LogP contribution in [0.2, 0.25) is 0 Å². The van der Waals surface area contributed by atoms with Gasteiger partial charge >= 0.3 is 5.97 Å². The number of imide groups is 1. The lowest BCUT2D eigenvalue weighted by molar-refractivity contribution is -0.102. The van der Waals surface area contributed by atoms with Crippen molar-refractivity contribution in [3.8, 4) is 0 Å². The zero-order valence-electron chi connectivity index (χ0n) is 17.7. The highest BCUT2D eigenvalue weighted by molar-refractivity contribution is 6.22. The zero-order chi connectivity index (χ0) is 23.5. The number of aromatic carboxylic acids is 1. The van der Waals surface area contributed by atoms with Gasteiger partial charge in [0.25, 0.3) is 17.7 Å². The van der Waals surface area contributed by atoms with Gasteiger partial charge < -0.3 is 5.11 Å². The fourth-order valence-corrected chi connectivity index (χ4v) is 3.62. The van der Waals surface area contributed by atoms with E-state index in [0.717, 1.165) is 10.5 Å². The number of carbonyl (C=O) groups excluding carboxylic acids is 3. The van der Waals surface area contributed by atoms with Crippen LogP contribution in [0.4, 0.5) is 0 Å². The molecule has 0 saturated heterocycles. The molecule has 1 aliphatic heterocycles. The van der Waals surface area contributed by atoms with Crippen LogP contribution in [0.3, 0.4) is 0 Å². The number of hydrogen-bond donors (Lipinski definition) is 1. The summed E-state index contributed by atoms with van der Waals surface area (Å²) in [5.74, 6) is -2.48. The molecule has 0 spiro atoms. The molecule has 1 heterocycles. The number of carboxylic acid groups (broad SMARTS) is 1. The van der Waals surface area contributed by atoms with E-state index in [0.29, 0.717) is 5.56 Å². The molecular formula is C25H20N2O6. The summed E-state index contributed by atoms with van der Waals surface area (Å²) in [5.41, 5.74) is 2.18. The standard InChI is InChI=1S/C25H20N2O6/c1-33-27(15-16-5-3-2-4-6-16)22(28)19-11-12-20-21(13-19)24(30)26(23(20)29)14-17-7-9-18(10-8-17)25(31)32/h2-13H,14-15H2,1H3,(H,31,32). The Kier molecular flexibility index (Phi) is 6.01. The third kappa shape index (κ3) is 4.37. The quantitative estimate of drug-likeness (QED) is 0.443. The Hall–Kier alpha value is -4.30. The van der Waals surface area contributed by atoms with Crippen LogP contribution in [-0.2, 0) is 17.9 Å². The van der Waals surface area contributed by atoms with Gasteiger partial charge in [0.05, 0.1) is 36.9 Å². The Balaban J connectivity index is 1.54. The van der Waals surface area contributed by atoms with Crippen LogP contribution in [0, 0.1) is 0 Å². The number of carbonyl (C=O) groups is 4. The van der Waals surface area contributed by atoms with Gasteiger partial charge in [-0.1, -0.05) is 42.5 Å². The number of nitrogens with zero attached hydrogens (tertiary/aromatic N) is 2. The summed E-state index contributed by atoms with van der Waals surface area (Å²) in [6.07, 6.45) is 0. The Morgan fingerprint density at radius 1 is 0.848 bits per heavy atom. The van der Waals surface area contributed by atoms with Crippen molar-refractivity contribution in [2.24, 2.45) is 0 Å². The molecule has 0 atom stereocenters. The summed E-state index contributed by atoms with van der Waals surface area (Å²) in [6, 6.07) is 19.6. The van der Waals surface area contributed by atoms with Crippen LogP contribution in [0.5, 0.6) is 0 Å². The molecule has 8 heteroatoms. The van der Waals surface area contributed by atoms with Gasteiger partial charge in [-0.25, -0.2) is 9.86 Å². The number of benzene rings is 3. The van der Waals surface area contributed by atoms with E-state index in [1.54, 1.807) is 12.1 Å². The van der Waals surface area contributed by atoms with Gasteiger partial charge in [-0.3, -0.25) is 24.1 Å². The molecule has 166 valence electrons. The van der Waals surface area contributed by atoms with Crippen molar-refractivity contribution in [2.45, 2.75) is 13.1 Å². The summed E-state index contributed by atoms with van der Waals surface area (Å²) in [7, 11) is 1.39. The summed E-state index contributed by atoms with van der Waals surface area (Å²) >= 11 is 0. The molecule has 4 rings (SSSR count). The van der Waals surface area contributed by atoms with Gasteiger partial charge in [-0.05, 0) is 41.5 Å². The van der Waals surface area contributed by atoms with Crippen molar-refractivity contribution in [1.29, 1.82) is 0 Å². The van der Waals surface area contributed by atoms with E-state index < -0.39 is 23.7 Å². The molecule has 0 saturated carbocycles. The van der Waals surface area contributed by atoms with Gasteiger partial charge in [0, 0.05) is 5.56 Å². The van der Waals surface area contributed by atoms with Gasteiger partial charge in [0.2, 0.25) is 0 Å². The first-order chi connectivity index (χ1) is 15.9. The Labute approximate surface area is 189 Å². The van der Waals surface area contributed by atoms with Crippen LogP contribution in [0.1, 0.15) is 52.6 Å². The Bertz CT molecular complexity index is 1240. The first kappa shape index (κ1) is 21.9. The molecule has 33 heavy (non-hydrogen) atoms. The second-order valence-electron chi connectivity index (χ2n) is 7.47. The molecule has 0 bridgehead atoms. The van der Waals surface area contributed by atoms with E-state index >= 15 is 0 Å². The summed E-state index contributed by atoms with van der Waals surface area (Å²) in [4.78, 5) is 56.0. The third-order valence-corrected chi connectivity index (χ3v) is 5.38. The minimum absolute atomic E-state index is 0.00622. The van der Waals surface area contributed by atoms with Crippen LogP contribution in [0.15, 0.2) is 72.8 Å². The molecule has 0 radical (unpaired) electrons. The number of fused-ring (bicyclic) bond motifs is 1. The van der Waals surface area contributed by atoms with E-state index in [9.17, 15) is 19.2 Å². The van der Waals surface area contributed by atoms with Crippen molar-refractivity contribution in [2.75, 3.05) is 7.11 Å². The number of amides is 3. The van der Waals surface area contributed by atoms with Gasteiger partial charge in [0.15, 0.2) is 0 Å². The maximum absolute atomic E-state index is 13.0. The van der Waals surface area contributed by atoms with E-state index in [4.69, 9.17) is 9.94 Å². The van der Waals surface area contributed by atoms with E-state index in [1.165, 1.54) is 42.5 Å². The molecule has 0 aromatic heterocycles. The molecule has 0 fully saturated rings. The summed E-state index contributed by atoms with van der Waals surface area (Å²) < 4.78 is 0. The largest absolute Gasteiger partial charge is 0.478 e. The molecular weight excluding hydrogens is 424 g/mol. The lowest BCUT2D eigenvalue weighted by atomic mass is 10.1. The molecule has 8 nitrogen and oxygen atoms in total. The fourth-order valence-electron chi connectivity index (χ4n) is 3.62. The zero-order valence-corrected chi connectivity index (χ0v) is 17.7. The van der Waals surface area contributed by atoms with E-state index in [1.807, 2.05) is 30.3 Å². The number of hydrogen-bond acceptors (Lipinski definition) is 5. The predicted octanol–water partition coefficient (Wildman–Crippen LogP) is 3.38. The van der Waals surface area contributed by atoms with Gasteiger partial charge in [0.1, 0.15) is 0 Å². The molecule has 1 N–H and O–H groups in total. The lowest BCUT2D eigenvalue weighted by Crippen LogP contribution is -2.30. The summed E-state index contributed by atoms with van der Waals surface area (Å²) in [6.45, 7) is 0.215. The van der Waals surface area contributed by atoms with Crippen LogP contribution in [-0.4, -0.2) is 45.9 Å². The molecule has 1 aliphatic rings. The SMILES string of the molecule is CON(Cc1ccccc1)C(=O)c1ccc2c(c1)C(=O)N(Cc1ccc(C(=O)O)cc1)C2=O. The molecule has 0 aliphatic carbocycles. The highest BCUT2D eigenvalue weighted by atomic mass is 16.7. The monoisotopic (exact) mass is 444 g/mol. The molecule has 3 aromatic carbocycles. The van der Waals surface area contributed by atoms with Crippen molar-refractivity contribution >= 4 is 23.7 Å². The normalized spacial score (nSPS) is 12.6.